The summed E-state index contributed by atoms with van der Waals surface area (Å²) in [7, 11) is 0. The summed E-state index contributed by atoms with van der Waals surface area (Å²) in [4.78, 5) is 0. The van der Waals surface area contributed by atoms with Crippen LogP contribution in [0.2, 0.25) is 4.37 Å². The van der Waals surface area contributed by atoms with Gasteiger partial charge < -0.3 is 0 Å². The van der Waals surface area contributed by atoms with E-state index in [2.05, 4.69) is 6.92 Å². The van der Waals surface area contributed by atoms with Gasteiger partial charge in [-0.15, -0.1) is 0 Å². The van der Waals surface area contributed by atoms with Crippen molar-refractivity contribution in [3.05, 3.63) is 0 Å². The molecule has 0 saturated carbocycles. The van der Waals surface area contributed by atoms with Crippen molar-refractivity contribution in [2.75, 3.05) is 0 Å². The molecular weight excluding hydrogens is 160 g/mol. The van der Waals surface area contributed by atoms with Crippen molar-refractivity contribution >= 4 is 21.9 Å². The molecule has 0 saturated heterocycles. The van der Waals surface area contributed by atoms with Crippen molar-refractivity contribution in [2.45, 2.75) is 11.3 Å². The van der Waals surface area contributed by atoms with E-state index in [9.17, 15) is 0 Å². The molecule has 1 radical (unpaired) electrons. The molecule has 25 valence electrons. The van der Waals surface area contributed by atoms with Crippen LogP contribution in [-0.4, -0.2) is 21.9 Å². The molecule has 0 aromatic rings. The van der Waals surface area contributed by atoms with Gasteiger partial charge in [-0.05, 0) is 0 Å². The molecule has 0 atom stereocenters. The first-order chi connectivity index (χ1) is 1.91. The van der Waals surface area contributed by atoms with Gasteiger partial charge in [0.2, 0.25) is 0 Å². The van der Waals surface area contributed by atoms with E-state index < -0.39 is 0 Å². The SMILES string of the molecule is C[CH2][Sb][NH2]. The van der Waals surface area contributed by atoms with Gasteiger partial charge in [-0.1, -0.05) is 0 Å². The topological polar surface area (TPSA) is 26.0 Å². The van der Waals surface area contributed by atoms with E-state index in [0.29, 0.717) is 0 Å². The van der Waals surface area contributed by atoms with E-state index in [0.717, 1.165) is 0 Å². The number of rotatable bonds is 1. The quantitative estimate of drug-likeness (QED) is 0.546. The summed E-state index contributed by atoms with van der Waals surface area (Å²) < 4.78 is 6.43. The van der Waals surface area contributed by atoms with Crippen LogP contribution in [0.4, 0.5) is 0 Å². The van der Waals surface area contributed by atoms with Crippen molar-refractivity contribution in [3.8, 4) is 0 Å². The molecule has 4 heavy (non-hydrogen) atoms. The van der Waals surface area contributed by atoms with Crippen LogP contribution in [0.25, 0.3) is 0 Å². The van der Waals surface area contributed by atoms with Gasteiger partial charge in [0.25, 0.3) is 0 Å². The summed E-state index contributed by atoms with van der Waals surface area (Å²) in [6.07, 6.45) is 0. The fourth-order valence-electron chi connectivity index (χ4n) is 0. The summed E-state index contributed by atoms with van der Waals surface area (Å²) in [5.74, 6) is 0. The second-order valence-corrected chi connectivity index (χ2v) is 3.35. The van der Waals surface area contributed by atoms with Gasteiger partial charge in [0.05, 0.1) is 0 Å². The zero-order valence-electron chi connectivity index (χ0n) is 2.73. The minimum absolute atomic E-state index is 0.147. The Hall–Kier alpha value is 0.778. The third-order valence-corrected chi connectivity index (χ3v) is 1.22. The van der Waals surface area contributed by atoms with Gasteiger partial charge in [0.1, 0.15) is 0 Å². The van der Waals surface area contributed by atoms with Crippen molar-refractivity contribution < 1.29 is 0 Å². The summed E-state index contributed by atoms with van der Waals surface area (Å²) in [5.41, 5.74) is 0. The molecule has 0 spiro atoms. The Morgan fingerprint density at radius 2 is 2.25 bits per heavy atom. The van der Waals surface area contributed by atoms with Gasteiger partial charge >= 0.3 is 37.1 Å². The molecule has 0 rings (SSSR count). The molecule has 0 aliphatic carbocycles. The fourth-order valence-corrected chi connectivity index (χ4v) is 0. The standard InChI is InChI=1S/C2H5.H2N.Sb/c1-2;;/h1H2,2H3;1H2;/q;-1;+1. The van der Waals surface area contributed by atoms with Crippen LogP contribution in [0, 0.1) is 0 Å². The molecule has 0 amide bonds. The maximum atomic E-state index is 5.18. The zero-order chi connectivity index (χ0) is 3.41. The summed E-state index contributed by atoms with van der Waals surface area (Å²) in [6, 6.07) is 0. The zero-order valence-corrected chi connectivity index (χ0v) is 5.28. The van der Waals surface area contributed by atoms with Gasteiger partial charge in [0.15, 0.2) is 0 Å². The molecule has 0 heterocycles. The van der Waals surface area contributed by atoms with E-state index in [1.54, 1.807) is 0 Å². The van der Waals surface area contributed by atoms with Crippen LogP contribution >= 0.6 is 0 Å². The van der Waals surface area contributed by atoms with Gasteiger partial charge in [0, 0.05) is 0 Å². The molecule has 2 heteroatoms. The molecule has 0 fully saturated rings. The van der Waals surface area contributed by atoms with Crippen LogP contribution in [0.3, 0.4) is 0 Å². The minimum atomic E-state index is -0.147. The van der Waals surface area contributed by atoms with Crippen LogP contribution in [0.15, 0.2) is 0 Å². The van der Waals surface area contributed by atoms with E-state index in [4.69, 9.17) is 3.89 Å². The summed E-state index contributed by atoms with van der Waals surface area (Å²) in [5, 5.41) is 0. The fraction of sp³-hybridized carbons (Fsp3) is 1.00. The van der Waals surface area contributed by atoms with Crippen LogP contribution in [0.5, 0.6) is 0 Å². The first-order valence-electron chi connectivity index (χ1n) is 1.28. The van der Waals surface area contributed by atoms with Crippen molar-refractivity contribution in [1.82, 2.24) is 0 Å². The first-order valence-corrected chi connectivity index (χ1v) is 4.56. The average Bonchev–Trinajstić information content (AvgIpc) is 1.37. The van der Waals surface area contributed by atoms with E-state index in [1.165, 1.54) is 4.37 Å². The maximum absolute atomic E-state index is 5.18. The molecule has 0 aliphatic heterocycles. The molecule has 0 aromatic carbocycles. The van der Waals surface area contributed by atoms with E-state index >= 15 is 0 Å². The summed E-state index contributed by atoms with van der Waals surface area (Å²) >= 11 is -0.147. The molecule has 0 aliphatic rings. The van der Waals surface area contributed by atoms with Crippen molar-refractivity contribution in [1.29, 1.82) is 0 Å². The normalized spacial score (nSPS) is 7.50. The molecule has 0 unspecified atom stereocenters. The molecule has 0 bridgehead atoms. The first kappa shape index (κ1) is 4.78. The molecule has 2 N–H and O–H groups in total. The summed E-state index contributed by atoms with van der Waals surface area (Å²) in [6.45, 7) is 2.12. The number of hydrogen-bond donors (Lipinski definition) is 1. The Morgan fingerprint density at radius 1 is 2.00 bits per heavy atom. The van der Waals surface area contributed by atoms with Crippen LogP contribution in [0.1, 0.15) is 6.92 Å². The molecular formula is C2H7NSb. The van der Waals surface area contributed by atoms with Gasteiger partial charge in [-0.3, -0.25) is 0 Å². The third-order valence-electron chi connectivity index (χ3n) is 0.183. The van der Waals surface area contributed by atoms with Crippen LogP contribution in [-0.2, 0) is 0 Å². The second-order valence-electron chi connectivity index (χ2n) is 0.499. The van der Waals surface area contributed by atoms with E-state index in [-0.39, 0.29) is 21.9 Å². The Kier molecular flexibility index (Phi) is 4.51. The van der Waals surface area contributed by atoms with Crippen molar-refractivity contribution in [2.24, 2.45) is 3.89 Å². The average molecular weight is 167 g/mol. The third kappa shape index (κ3) is 2.78. The predicted molar refractivity (Wildman–Crippen MR) is 20.4 cm³/mol. The number of hydrogen-bond acceptors (Lipinski definition) is 1. The Morgan fingerprint density at radius 3 is 2.25 bits per heavy atom. The number of nitrogens with two attached hydrogens (primary N) is 1. The molecule has 1 nitrogen and oxygen atoms in total. The monoisotopic (exact) mass is 166 g/mol. The Balaban J connectivity index is 1.97. The van der Waals surface area contributed by atoms with Gasteiger partial charge in [-0.25, -0.2) is 0 Å². The van der Waals surface area contributed by atoms with E-state index in [1.807, 2.05) is 0 Å². The predicted octanol–water partition coefficient (Wildman–Crippen LogP) is 0.00250. The van der Waals surface area contributed by atoms with Crippen molar-refractivity contribution in [3.63, 3.8) is 0 Å². The van der Waals surface area contributed by atoms with Gasteiger partial charge in [-0.2, -0.15) is 0 Å². The second kappa shape index (κ2) is 3.78. The Bertz CT molecular complexity index is 8.00. The Labute approximate surface area is 37.5 Å². The molecule has 0 aromatic heterocycles. The van der Waals surface area contributed by atoms with Crippen LogP contribution < -0.4 is 3.89 Å².